The van der Waals surface area contributed by atoms with E-state index >= 15 is 0 Å². The lowest BCUT2D eigenvalue weighted by molar-refractivity contribution is -0.124. The summed E-state index contributed by atoms with van der Waals surface area (Å²) in [5.74, 6) is 0.697. The molecule has 0 aliphatic carbocycles. The summed E-state index contributed by atoms with van der Waals surface area (Å²) in [6, 6.07) is 5.01. The quantitative estimate of drug-likeness (QED) is 0.775. The molecule has 0 radical (unpaired) electrons. The molecule has 0 heterocycles. The molecule has 0 aliphatic heterocycles. The minimum absolute atomic E-state index is 0. The Morgan fingerprint density at radius 2 is 2.05 bits per heavy atom. The van der Waals surface area contributed by atoms with Crippen LogP contribution in [0.4, 0.5) is 0 Å². The van der Waals surface area contributed by atoms with E-state index in [4.69, 9.17) is 22.1 Å². The first-order chi connectivity index (χ1) is 9.71. The third kappa shape index (κ3) is 6.86. The normalized spacial score (nSPS) is 12.3. The van der Waals surface area contributed by atoms with Crippen molar-refractivity contribution < 1.29 is 9.53 Å². The van der Waals surface area contributed by atoms with Crippen LogP contribution in [0.25, 0.3) is 0 Å². The molecular weight excluding hydrogens is 323 g/mol. The number of nitrogens with one attached hydrogen (secondary N) is 1. The highest BCUT2D eigenvalue weighted by Crippen LogP contribution is 2.21. The second-order valence-electron chi connectivity index (χ2n) is 6.25. The molecule has 0 saturated heterocycles. The largest absolute Gasteiger partial charge is 0.493 e. The van der Waals surface area contributed by atoms with Gasteiger partial charge in [-0.1, -0.05) is 32.4 Å². The Hall–Kier alpha value is -0.970. The van der Waals surface area contributed by atoms with Gasteiger partial charge in [0.1, 0.15) is 5.75 Å². The average Bonchev–Trinajstić information content (AvgIpc) is 2.38. The third-order valence-electron chi connectivity index (χ3n) is 3.23. The first-order valence-corrected chi connectivity index (χ1v) is 7.52. The molecular formula is C16H26Cl2N2O2. The lowest BCUT2D eigenvalue weighted by atomic mass is 9.87. The number of nitrogens with two attached hydrogens (primary N) is 1. The van der Waals surface area contributed by atoms with Crippen molar-refractivity contribution in [2.45, 2.75) is 40.2 Å². The van der Waals surface area contributed by atoms with E-state index in [1.165, 1.54) is 0 Å². The Bertz CT molecular complexity index is 488. The van der Waals surface area contributed by atoms with E-state index in [1.54, 1.807) is 6.07 Å². The molecule has 0 unspecified atom stereocenters. The van der Waals surface area contributed by atoms with Crippen LogP contribution in [0.15, 0.2) is 18.2 Å². The molecule has 4 nitrogen and oxygen atoms in total. The minimum Gasteiger partial charge on any atom is -0.493 e. The fourth-order valence-corrected chi connectivity index (χ4v) is 1.97. The molecule has 0 aromatic heterocycles. The minimum atomic E-state index is -0.503. The maximum absolute atomic E-state index is 11.8. The van der Waals surface area contributed by atoms with Gasteiger partial charge in [0.15, 0.2) is 0 Å². The fraction of sp³-hybridized carbons (Fsp3) is 0.562. The smallest absolute Gasteiger partial charge is 0.237 e. The van der Waals surface area contributed by atoms with Gasteiger partial charge in [0.25, 0.3) is 0 Å². The number of carbonyl (C=O) groups excluding carboxylic acids is 1. The van der Waals surface area contributed by atoms with Crippen LogP contribution in [0.5, 0.6) is 5.75 Å². The van der Waals surface area contributed by atoms with Crippen molar-refractivity contribution in [2.75, 3.05) is 13.2 Å². The standard InChI is InChI=1S/C16H25ClN2O2.ClH/c1-11-10-12(17)6-7-13(11)21-9-5-8-19-15(20)14(18)16(2,3)4;/h6-7,10,14H,5,8-9,18H2,1-4H3,(H,19,20);1H/t14-;/m1./s1. The Kier molecular flexibility index (Phi) is 8.83. The highest BCUT2D eigenvalue weighted by Gasteiger charge is 2.26. The number of hydrogen-bond acceptors (Lipinski definition) is 3. The molecule has 1 aromatic carbocycles. The predicted molar refractivity (Wildman–Crippen MR) is 94.0 cm³/mol. The van der Waals surface area contributed by atoms with Crippen LogP contribution < -0.4 is 15.8 Å². The molecule has 3 N–H and O–H groups in total. The number of rotatable bonds is 6. The maximum atomic E-state index is 11.8. The summed E-state index contributed by atoms with van der Waals surface area (Å²) in [4.78, 5) is 11.8. The highest BCUT2D eigenvalue weighted by molar-refractivity contribution is 6.30. The van der Waals surface area contributed by atoms with Gasteiger partial charge in [0, 0.05) is 11.6 Å². The molecule has 1 aromatic rings. The molecule has 1 rings (SSSR count). The summed E-state index contributed by atoms with van der Waals surface area (Å²) in [5, 5.41) is 3.53. The van der Waals surface area contributed by atoms with Gasteiger partial charge in [-0.3, -0.25) is 4.79 Å². The van der Waals surface area contributed by atoms with Crippen LogP contribution >= 0.6 is 24.0 Å². The summed E-state index contributed by atoms with van der Waals surface area (Å²) in [6.07, 6.45) is 0.727. The van der Waals surface area contributed by atoms with Gasteiger partial charge in [0.05, 0.1) is 12.6 Å². The van der Waals surface area contributed by atoms with E-state index in [1.807, 2.05) is 39.8 Å². The molecule has 22 heavy (non-hydrogen) atoms. The molecule has 126 valence electrons. The van der Waals surface area contributed by atoms with Gasteiger partial charge in [-0.05, 0) is 42.5 Å². The monoisotopic (exact) mass is 348 g/mol. The van der Waals surface area contributed by atoms with Crippen molar-refractivity contribution in [3.63, 3.8) is 0 Å². The van der Waals surface area contributed by atoms with Crippen LogP contribution in [-0.4, -0.2) is 25.1 Å². The Morgan fingerprint density at radius 1 is 1.41 bits per heavy atom. The van der Waals surface area contributed by atoms with Crippen LogP contribution in [0.1, 0.15) is 32.8 Å². The van der Waals surface area contributed by atoms with E-state index < -0.39 is 6.04 Å². The summed E-state index contributed by atoms with van der Waals surface area (Å²) in [5.41, 5.74) is 6.64. The van der Waals surface area contributed by atoms with Gasteiger partial charge >= 0.3 is 0 Å². The predicted octanol–water partition coefficient (Wildman–Crippen LogP) is 3.33. The van der Waals surface area contributed by atoms with E-state index in [0.29, 0.717) is 18.2 Å². The number of benzene rings is 1. The lowest BCUT2D eigenvalue weighted by Gasteiger charge is -2.25. The van der Waals surface area contributed by atoms with Gasteiger partial charge in [-0.2, -0.15) is 0 Å². The third-order valence-corrected chi connectivity index (χ3v) is 3.47. The van der Waals surface area contributed by atoms with Gasteiger partial charge < -0.3 is 15.8 Å². The molecule has 1 amide bonds. The molecule has 0 spiro atoms. The van der Waals surface area contributed by atoms with Crippen molar-refractivity contribution in [2.24, 2.45) is 11.1 Å². The Morgan fingerprint density at radius 3 is 2.59 bits per heavy atom. The SMILES string of the molecule is Cc1cc(Cl)ccc1OCCCNC(=O)[C@@H](N)C(C)(C)C.Cl. The zero-order valence-electron chi connectivity index (χ0n) is 13.6. The molecule has 0 saturated carbocycles. The molecule has 0 aliphatic rings. The van der Waals surface area contributed by atoms with E-state index in [9.17, 15) is 4.79 Å². The van der Waals surface area contributed by atoms with Crippen LogP contribution in [0, 0.1) is 12.3 Å². The van der Waals surface area contributed by atoms with Crippen molar-refractivity contribution in [3.05, 3.63) is 28.8 Å². The highest BCUT2D eigenvalue weighted by atomic mass is 35.5. The van der Waals surface area contributed by atoms with Gasteiger partial charge in [-0.15, -0.1) is 12.4 Å². The molecule has 6 heteroatoms. The first kappa shape index (κ1) is 21.0. The zero-order chi connectivity index (χ0) is 16.0. The first-order valence-electron chi connectivity index (χ1n) is 7.14. The van der Waals surface area contributed by atoms with Crippen LogP contribution in [-0.2, 0) is 4.79 Å². The fourth-order valence-electron chi connectivity index (χ4n) is 1.74. The molecule has 0 fully saturated rings. The topological polar surface area (TPSA) is 64.3 Å². The van der Waals surface area contributed by atoms with Crippen molar-refractivity contribution in [3.8, 4) is 5.75 Å². The summed E-state index contributed by atoms with van der Waals surface area (Å²) < 4.78 is 5.66. The van der Waals surface area contributed by atoms with Crippen LogP contribution in [0.2, 0.25) is 5.02 Å². The summed E-state index contributed by atoms with van der Waals surface area (Å²) >= 11 is 5.89. The molecule has 1 atom stereocenters. The Labute approximate surface area is 144 Å². The number of amides is 1. The van der Waals surface area contributed by atoms with Crippen molar-refractivity contribution in [1.82, 2.24) is 5.32 Å². The molecule has 0 bridgehead atoms. The number of ether oxygens (including phenoxy) is 1. The van der Waals surface area contributed by atoms with Crippen molar-refractivity contribution in [1.29, 1.82) is 0 Å². The van der Waals surface area contributed by atoms with E-state index in [2.05, 4.69) is 5.32 Å². The second kappa shape index (κ2) is 9.23. The lowest BCUT2D eigenvalue weighted by Crippen LogP contribution is -2.48. The average molecular weight is 349 g/mol. The number of aryl methyl sites for hydroxylation is 1. The second-order valence-corrected chi connectivity index (χ2v) is 6.68. The number of carbonyl (C=O) groups is 1. The van der Waals surface area contributed by atoms with Gasteiger partial charge in [-0.25, -0.2) is 0 Å². The zero-order valence-corrected chi connectivity index (χ0v) is 15.2. The summed E-state index contributed by atoms with van der Waals surface area (Å²) in [6.45, 7) is 8.88. The van der Waals surface area contributed by atoms with Gasteiger partial charge in [0.2, 0.25) is 5.91 Å². The summed E-state index contributed by atoms with van der Waals surface area (Å²) in [7, 11) is 0. The number of halogens is 2. The Balaban J connectivity index is 0.00000441. The van der Waals surface area contributed by atoms with Crippen LogP contribution in [0.3, 0.4) is 0 Å². The number of hydrogen-bond donors (Lipinski definition) is 2. The van der Waals surface area contributed by atoms with E-state index in [0.717, 1.165) is 17.7 Å². The van der Waals surface area contributed by atoms with E-state index in [-0.39, 0.29) is 23.7 Å². The maximum Gasteiger partial charge on any atom is 0.237 e. The van der Waals surface area contributed by atoms with Crippen molar-refractivity contribution >= 4 is 29.9 Å².